The van der Waals surface area contributed by atoms with Crippen molar-refractivity contribution in [3.8, 4) is 5.69 Å². The van der Waals surface area contributed by atoms with Gasteiger partial charge in [-0.3, -0.25) is 19.0 Å². The van der Waals surface area contributed by atoms with Gasteiger partial charge in [0.05, 0.1) is 23.0 Å². The Morgan fingerprint density at radius 3 is 2.16 bits per heavy atom. The highest BCUT2D eigenvalue weighted by Crippen LogP contribution is 2.13. The molecule has 1 heterocycles. The summed E-state index contributed by atoms with van der Waals surface area (Å²) in [5.74, 6) is -0.467. The molecule has 0 unspecified atom stereocenters. The lowest BCUT2D eigenvalue weighted by Crippen LogP contribution is -2.40. The summed E-state index contributed by atoms with van der Waals surface area (Å²) in [6.45, 7) is 4.39. The van der Waals surface area contributed by atoms with E-state index in [0.29, 0.717) is 28.8 Å². The molecule has 0 spiro atoms. The second kappa shape index (κ2) is 11.5. The van der Waals surface area contributed by atoms with Crippen molar-refractivity contribution in [2.45, 2.75) is 39.7 Å². The molecule has 0 aliphatic rings. The van der Waals surface area contributed by atoms with Gasteiger partial charge >= 0.3 is 5.69 Å². The minimum atomic E-state index is -0.617. The van der Waals surface area contributed by atoms with Gasteiger partial charge in [0.2, 0.25) is 11.8 Å². The monoisotopic (exact) mass is 498 g/mol. The summed E-state index contributed by atoms with van der Waals surface area (Å²) in [5, 5.41) is 5.98. The van der Waals surface area contributed by atoms with Crippen molar-refractivity contribution in [1.82, 2.24) is 14.5 Å². The molecule has 0 saturated heterocycles. The Bertz CT molecular complexity index is 1530. The second-order valence-corrected chi connectivity index (χ2v) is 8.82. The van der Waals surface area contributed by atoms with E-state index in [1.165, 1.54) is 4.57 Å². The van der Waals surface area contributed by atoms with E-state index in [2.05, 4.69) is 17.6 Å². The molecule has 190 valence electrons. The first-order chi connectivity index (χ1) is 17.9. The fourth-order valence-corrected chi connectivity index (χ4v) is 4.14. The molecular formula is C29H30N4O4. The number of hydrogen-bond donors (Lipinski definition) is 2. The summed E-state index contributed by atoms with van der Waals surface area (Å²) >= 11 is 0. The van der Waals surface area contributed by atoms with Gasteiger partial charge in [0.1, 0.15) is 6.54 Å². The summed E-state index contributed by atoms with van der Waals surface area (Å²) in [5.41, 5.74) is 2.21. The number of aromatic nitrogens is 2. The largest absolute Gasteiger partial charge is 0.356 e. The summed E-state index contributed by atoms with van der Waals surface area (Å²) in [4.78, 5) is 51.8. The van der Waals surface area contributed by atoms with Crippen LogP contribution in [0.25, 0.3) is 16.6 Å². The number of amides is 2. The van der Waals surface area contributed by atoms with Crippen LogP contribution in [0.15, 0.2) is 82.4 Å². The molecule has 4 aromatic rings. The predicted octanol–water partition coefficient (Wildman–Crippen LogP) is 3.42. The van der Waals surface area contributed by atoms with Crippen LogP contribution in [0.4, 0.5) is 5.69 Å². The molecule has 0 aliphatic heterocycles. The van der Waals surface area contributed by atoms with Crippen LogP contribution in [0.5, 0.6) is 0 Å². The summed E-state index contributed by atoms with van der Waals surface area (Å²) in [6.07, 6.45) is 1.95. The first-order valence-electron chi connectivity index (χ1n) is 12.4. The molecule has 4 rings (SSSR count). The zero-order chi connectivity index (χ0) is 26.4. The number of benzene rings is 3. The normalized spacial score (nSPS) is 10.9. The number of carbonyl (C=O) groups is 2. The maximum atomic E-state index is 13.5. The van der Waals surface area contributed by atoms with E-state index in [-0.39, 0.29) is 24.8 Å². The molecule has 0 saturated carbocycles. The fourth-order valence-electron chi connectivity index (χ4n) is 4.14. The van der Waals surface area contributed by atoms with Crippen molar-refractivity contribution >= 4 is 28.4 Å². The highest BCUT2D eigenvalue weighted by atomic mass is 16.2. The Hall–Kier alpha value is -4.46. The van der Waals surface area contributed by atoms with E-state index in [1.807, 2.05) is 31.2 Å². The van der Waals surface area contributed by atoms with E-state index in [1.54, 1.807) is 48.5 Å². The van der Waals surface area contributed by atoms with Crippen molar-refractivity contribution in [2.75, 3.05) is 11.9 Å². The number of nitrogens with one attached hydrogen (secondary N) is 2. The van der Waals surface area contributed by atoms with Gasteiger partial charge in [-0.2, -0.15) is 0 Å². The molecule has 8 heteroatoms. The van der Waals surface area contributed by atoms with Gasteiger partial charge < -0.3 is 10.6 Å². The maximum absolute atomic E-state index is 13.5. The van der Waals surface area contributed by atoms with Crippen LogP contribution in [-0.2, 0) is 29.0 Å². The molecule has 3 aromatic carbocycles. The number of aryl methyl sites for hydroxylation is 1. The molecule has 0 aliphatic carbocycles. The molecule has 0 bridgehead atoms. The van der Waals surface area contributed by atoms with Crippen LogP contribution in [0, 0.1) is 0 Å². The smallest absolute Gasteiger partial charge is 0.336 e. The van der Waals surface area contributed by atoms with Gasteiger partial charge in [-0.25, -0.2) is 9.36 Å². The van der Waals surface area contributed by atoms with E-state index in [0.717, 1.165) is 28.5 Å². The van der Waals surface area contributed by atoms with Crippen LogP contribution in [0.2, 0.25) is 0 Å². The number of rotatable bonds is 9. The molecule has 8 nitrogen and oxygen atoms in total. The van der Waals surface area contributed by atoms with E-state index >= 15 is 0 Å². The van der Waals surface area contributed by atoms with Gasteiger partial charge in [-0.1, -0.05) is 50.2 Å². The van der Waals surface area contributed by atoms with Crippen LogP contribution in [0.3, 0.4) is 0 Å². The summed E-state index contributed by atoms with van der Waals surface area (Å²) < 4.78 is 2.37. The van der Waals surface area contributed by atoms with E-state index in [4.69, 9.17) is 0 Å². The minimum Gasteiger partial charge on any atom is -0.356 e. The predicted molar refractivity (Wildman–Crippen MR) is 145 cm³/mol. The fraction of sp³-hybridized carbons (Fsp3) is 0.241. The Morgan fingerprint density at radius 2 is 1.49 bits per heavy atom. The van der Waals surface area contributed by atoms with Gasteiger partial charge in [-0.15, -0.1) is 0 Å². The Balaban J connectivity index is 1.67. The average Bonchev–Trinajstić information content (AvgIpc) is 2.91. The summed E-state index contributed by atoms with van der Waals surface area (Å²) in [6, 6.07) is 21.0. The van der Waals surface area contributed by atoms with Gasteiger partial charge in [0.15, 0.2) is 0 Å². The first-order valence-corrected chi connectivity index (χ1v) is 12.4. The molecule has 0 radical (unpaired) electrons. The molecule has 0 atom stereocenters. The van der Waals surface area contributed by atoms with Gasteiger partial charge in [0, 0.05) is 12.2 Å². The standard InChI is InChI=1S/C29H30N4O4/c1-3-17-30-26(34)18-21-11-15-23(16-12-21)33-28(36)24-7-5-6-8-25(24)32(29(33)37)19-27(35)31-22-13-9-20(4-2)10-14-22/h5-16H,3-4,17-19H2,1-2H3,(H,30,34)(H,31,35). The number of hydrogen-bond acceptors (Lipinski definition) is 4. The maximum Gasteiger partial charge on any atom is 0.336 e. The quantitative estimate of drug-likeness (QED) is 0.369. The number of carbonyl (C=O) groups excluding carboxylic acids is 2. The van der Waals surface area contributed by atoms with Crippen LogP contribution in [-0.4, -0.2) is 27.5 Å². The highest BCUT2D eigenvalue weighted by molar-refractivity contribution is 5.91. The molecular weight excluding hydrogens is 468 g/mol. The SMILES string of the molecule is CCCNC(=O)Cc1ccc(-n2c(=O)c3ccccc3n(CC(=O)Nc3ccc(CC)cc3)c2=O)cc1. The molecule has 0 fully saturated rings. The molecule has 2 amide bonds. The lowest BCUT2D eigenvalue weighted by atomic mass is 10.1. The van der Waals surface area contributed by atoms with Crippen LogP contribution < -0.4 is 21.9 Å². The number of para-hydroxylation sites is 1. The third-order valence-electron chi connectivity index (χ3n) is 6.13. The van der Waals surface area contributed by atoms with Crippen molar-refractivity contribution in [3.05, 3.63) is 105 Å². The van der Waals surface area contributed by atoms with E-state index < -0.39 is 11.2 Å². The number of anilines is 1. The molecule has 37 heavy (non-hydrogen) atoms. The van der Waals surface area contributed by atoms with Crippen LogP contribution >= 0.6 is 0 Å². The van der Waals surface area contributed by atoms with Crippen molar-refractivity contribution < 1.29 is 9.59 Å². The second-order valence-electron chi connectivity index (χ2n) is 8.82. The summed E-state index contributed by atoms with van der Waals surface area (Å²) in [7, 11) is 0. The lowest BCUT2D eigenvalue weighted by molar-refractivity contribution is -0.120. The lowest BCUT2D eigenvalue weighted by Gasteiger charge is -2.14. The van der Waals surface area contributed by atoms with Crippen molar-refractivity contribution in [3.63, 3.8) is 0 Å². The number of fused-ring (bicyclic) bond motifs is 1. The number of nitrogens with zero attached hydrogens (tertiary/aromatic N) is 2. The van der Waals surface area contributed by atoms with Crippen LogP contribution in [0.1, 0.15) is 31.4 Å². The van der Waals surface area contributed by atoms with Crippen molar-refractivity contribution in [2.24, 2.45) is 0 Å². The minimum absolute atomic E-state index is 0.0878. The Labute approximate surface area is 214 Å². The van der Waals surface area contributed by atoms with Crippen molar-refractivity contribution in [1.29, 1.82) is 0 Å². The molecule has 1 aromatic heterocycles. The Morgan fingerprint density at radius 1 is 0.811 bits per heavy atom. The Kier molecular flexibility index (Phi) is 7.98. The first kappa shape index (κ1) is 25.6. The zero-order valence-corrected chi connectivity index (χ0v) is 21.0. The highest BCUT2D eigenvalue weighted by Gasteiger charge is 2.17. The molecule has 2 N–H and O–H groups in total. The van der Waals surface area contributed by atoms with Gasteiger partial charge in [0.25, 0.3) is 5.56 Å². The average molecular weight is 499 g/mol. The third-order valence-corrected chi connectivity index (χ3v) is 6.13. The van der Waals surface area contributed by atoms with Gasteiger partial charge in [-0.05, 0) is 60.4 Å². The third kappa shape index (κ3) is 5.86. The topological polar surface area (TPSA) is 102 Å². The zero-order valence-electron chi connectivity index (χ0n) is 21.0. The van der Waals surface area contributed by atoms with E-state index in [9.17, 15) is 19.2 Å².